The molecule has 0 aromatic carbocycles. The van der Waals surface area contributed by atoms with Crippen LogP contribution in [0.1, 0.15) is 115 Å². The van der Waals surface area contributed by atoms with Crippen molar-refractivity contribution in [2.75, 3.05) is 0 Å². The molecule has 0 unspecified atom stereocenters. The third-order valence-corrected chi connectivity index (χ3v) is 5.51. The smallest absolute Gasteiger partial charge is 0.180 e. The lowest BCUT2D eigenvalue weighted by molar-refractivity contribution is 0.650. The van der Waals surface area contributed by atoms with Gasteiger partial charge < -0.3 is 0 Å². The molecule has 0 N–H and O–H groups in total. The van der Waals surface area contributed by atoms with E-state index in [2.05, 4.69) is 33.8 Å². The number of aromatic nitrogens is 4. The average molecular weight is 411 g/mol. The van der Waals surface area contributed by atoms with Crippen molar-refractivity contribution in [1.29, 1.82) is 0 Å². The molecule has 0 bridgehead atoms. The summed E-state index contributed by atoms with van der Waals surface area (Å²) >= 11 is 0. The van der Waals surface area contributed by atoms with Crippen LogP contribution < -0.4 is 0 Å². The van der Waals surface area contributed by atoms with Crippen molar-refractivity contribution in [2.45, 2.75) is 118 Å². The van der Waals surface area contributed by atoms with Crippen molar-refractivity contribution in [2.24, 2.45) is 0 Å². The second-order valence-corrected chi connectivity index (χ2v) is 8.45. The average Bonchev–Trinajstić information content (AvgIpc) is 2.76. The van der Waals surface area contributed by atoms with E-state index in [0.29, 0.717) is 0 Å². The van der Waals surface area contributed by atoms with Gasteiger partial charge in [0.2, 0.25) is 0 Å². The molecule has 0 aliphatic rings. The van der Waals surface area contributed by atoms with Crippen LogP contribution in [-0.4, -0.2) is 19.9 Å². The Balaban J connectivity index is 2.34. The summed E-state index contributed by atoms with van der Waals surface area (Å²) in [6, 6.07) is 2.24. The quantitative estimate of drug-likeness (QED) is 0.294. The molecule has 166 valence electrons. The lowest BCUT2D eigenvalue weighted by atomic mass is 10.1. The topological polar surface area (TPSA) is 51.6 Å². The Bertz CT molecular complexity index is 712. The van der Waals surface area contributed by atoms with Crippen molar-refractivity contribution in [3.8, 4) is 11.5 Å². The Kier molecular flexibility index (Phi) is 11.6. The van der Waals surface area contributed by atoms with Gasteiger partial charge in [-0.2, -0.15) is 0 Å². The number of hydrogen-bond donors (Lipinski definition) is 0. The minimum atomic E-state index is 0.794. The Morgan fingerprint density at radius 2 is 1.17 bits per heavy atom. The monoisotopic (exact) mass is 410 g/mol. The van der Waals surface area contributed by atoms with E-state index < -0.39 is 0 Å². The highest BCUT2D eigenvalue weighted by Crippen LogP contribution is 2.21. The fourth-order valence-corrected chi connectivity index (χ4v) is 3.81. The Hall–Kier alpha value is -1.84. The van der Waals surface area contributed by atoms with E-state index in [4.69, 9.17) is 19.9 Å². The first-order chi connectivity index (χ1) is 14.7. The molecule has 0 saturated heterocycles. The molecule has 0 spiro atoms. The van der Waals surface area contributed by atoms with Crippen LogP contribution >= 0.6 is 0 Å². The minimum Gasteiger partial charge on any atom is -0.257 e. The van der Waals surface area contributed by atoms with Crippen LogP contribution in [0.25, 0.3) is 11.5 Å². The van der Waals surface area contributed by atoms with E-state index in [9.17, 15) is 0 Å². The van der Waals surface area contributed by atoms with Crippen molar-refractivity contribution in [1.82, 2.24) is 19.9 Å². The van der Waals surface area contributed by atoms with Gasteiger partial charge >= 0.3 is 0 Å². The fraction of sp³-hybridized carbons (Fsp3) is 0.692. The van der Waals surface area contributed by atoms with E-state index in [-0.39, 0.29) is 0 Å². The maximum absolute atomic E-state index is 4.98. The highest BCUT2D eigenvalue weighted by atomic mass is 15.0. The van der Waals surface area contributed by atoms with Gasteiger partial charge in [-0.25, -0.2) is 15.0 Å². The van der Waals surface area contributed by atoms with Gasteiger partial charge in [-0.05, 0) is 44.6 Å². The zero-order chi connectivity index (χ0) is 21.6. The van der Waals surface area contributed by atoms with Gasteiger partial charge in [0.15, 0.2) is 5.82 Å². The van der Waals surface area contributed by atoms with Gasteiger partial charge in [0, 0.05) is 17.6 Å². The Morgan fingerprint density at radius 1 is 0.567 bits per heavy atom. The fourth-order valence-electron chi connectivity index (χ4n) is 3.81. The molecule has 0 radical (unpaired) electrons. The molecule has 0 atom stereocenters. The zero-order valence-corrected chi connectivity index (χ0v) is 19.8. The first-order valence-corrected chi connectivity index (χ1v) is 12.4. The third kappa shape index (κ3) is 8.12. The molecule has 0 fully saturated rings. The van der Waals surface area contributed by atoms with Crippen LogP contribution in [0.2, 0.25) is 0 Å². The van der Waals surface area contributed by atoms with Crippen LogP contribution in [0.15, 0.2) is 12.3 Å². The van der Waals surface area contributed by atoms with Crippen molar-refractivity contribution < 1.29 is 0 Å². The molecule has 0 aliphatic carbocycles. The molecule has 0 aliphatic heterocycles. The van der Waals surface area contributed by atoms with Gasteiger partial charge in [-0.15, -0.1) is 0 Å². The summed E-state index contributed by atoms with van der Waals surface area (Å²) in [6.07, 6.45) is 18.1. The summed E-state index contributed by atoms with van der Waals surface area (Å²) in [5, 5.41) is 0. The van der Waals surface area contributed by atoms with Crippen LogP contribution in [0.5, 0.6) is 0 Å². The second kappa shape index (κ2) is 14.2. The number of rotatable bonds is 15. The largest absolute Gasteiger partial charge is 0.257 e. The highest BCUT2D eigenvalue weighted by Gasteiger charge is 2.15. The van der Waals surface area contributed by atoms with Crippen LogP contribution in [0.4, 0.5) is 0 Å². The molecule has 2 aromatic rings. The molecule has 4 heteroatoms. The zero-order valence-electron chi connectivity index (χ0n) is 19.8. The maximum atomic E-state index is 4.98. The van der Waals surface area contributed by atoms with E-state index in [1.807, 2.05) is 6.20 Å². The van der Waals surface area contributed by atoms with E-state index >= 15 is 0 Å². The Morgan fingerprint density at radius 3 is 1.70 bits per heavy atom. The van der Waals surface area contributed by atoms with E-state index in [1.54, 1.807) is 0 Å². The number of hydrogen-bond acceptors (Lipinski definition) is 4. The van der Waals surface area contributed by atoms with E-state index in [1.165, 1.54) is 62.8 Å². The predicted molar refractivity (Wildman–Crippen MR) is 127 cm³/mol. The van der Waals surface area contributed by atoms with Crippen LogP contribution in [-0.2, 0) is 25.7 Å². The van der Waals surface area contributed by atoms with Gasteiger partial charge in [-0.3, -0.25) is 4.98 Å². The maximum Gasteiger partial charge on any atom is 0.180 e. The summed E-state index contributed by atoms with van der Waals surface area (Å²) in [5.74, 6) is 0.794. The SMILES string of the molecule is CCCCCCc1cc(CCCCCC)nc(-c2nc(CCC)cnc2CCC)n1. The number of unbranched alkanes of at least 4 members (excludes halogenated alkanes) is 6. The van der Waals surface area contributed by atoms with Gasteiger partial charge in [-0.1, -0.05) is 79.1 Å². The minimum absolute atomic E-state index is 0.794. The molecule has 0 amide bonds. The van der Waals surface area contributed by atoms with Gasteiger partial charge in [0.25, 0.3) is 0 Å². The second-order valence-electron chi connectivity index (χ2n) is 8.45. The molecular formula is C26H42N4. The lowest BCUT2D eigenvalue weighted by Gasteiger charge is -2.12. The summed E-state index contributed by atoms with van der Waals surface area (Å²) < 4.78 is 0. The molecule has 4 nitrogen and oxygen atoms in total. The Labute approximate surface area is 184 Å². The number of aryl methyl sites for hydroxylation is 4. The van der Waals surface area contributed by atoms with Crippen LogP contribution in [0.3, 0.4) is 0 Å². The first kappa shape index (κ1) is 24.4. The molecule has 0 saturated carbocycles. The molecular weight excluding hydrogens is 368 g/mol. The highest BCUT2D eigenvalue weighted by molar-refractivity contribution is 5.53. The van der Waals surface area contributed by atoms with Crippen molar-refractivity contribution in [3.63, 3.8) is 0 Å². The predicted octanol–water partition coefficient (Wildman–Crippen LogP) is 7.08. The van der Waals surface area contributed by atoms with Crippen molar-refractivity contribution in [3.05, 3.63) is 35.0 Å². The summed E-state index contributed by atoms with van der Waals surface area (Å²) in [5.41, 5.74) is 5.35. The third-order valence-electron chi connectivity index (χ3n) is 5.51. The molecule has 2 rings (SSSR count). The lowest BCUT2D eigenvalue weighted by Crippen LogP contribution is -2.07. The van der Waals surface area contributed by atoms with Gasteiger partial charge in [0.1, 0.15) is 5.69 Å². The summed E-state index contributed by atoms with van der Waals surface area (Å²) in [4.78, 5) is 19.7. The van der Waals surface area contributed by atoms with Crippen LogP contribution in [0, 0.1) is 0 Å². The normalized spacial score (nSPS) is 11.2. The summed E-state index contributed by atoms with van der Waals surface area (Å²) in [7, 11) is 0. The standard InChI is InChI=1S/C26H42N4/c1-5-9-11-13-17-21-19-22(18-14-12-10-6-2)30-26(29-21)25-24(16-8-4)27-20-23(28-25)15-7-3/h19-20H,5-18H2,1-4H3. The summed E-state index contributed by atoms with van der Waals surface area (Å²) in [6.45, 7) is 8.89. The van der Waals surface area contributed by atoms with Crippen molar-refractivity contribution >= 4 is 0 Å². The molecule has 2 aromatic heterocycles. The molecule has 2 heterocycles. The molecule has 30 heavy (non-hydrogen) atoms. The number of nitrogens with zero attached hydrogens (tertiary/aromatic N) is 4. The van der Waals surface area contributed by atoms with E-state index in [0.717, 1.165) is 61.4 Å². The van der Waals surface area contributed by atoms with Gasteiger partial charge in [0.05, 0.1) is 11.4 Å². The first-order valence-electron chi connectivity index (χ1n) is 12.4.